The Morgan fingerprint density at radius 3 is 2.62 bits per heavy atom. The van der Waals surface area contributed by atoms with Crippen molar-refractivity contribution in [2.24, 2.45) is 0 Å². The molecule has 1 heterocycles. The van der Waals surface area contributed by atoms with E-state index in [9.17, 15) is 9.59 Å². The van der Waals surface area contributed by atoms with E-state index in [1.54, 1.807) is 6.92 Å². The smallest absolute Gasteiger partial charge is 0.338 e. The van der Waals surface area contributed by atoms with Crippen LogP contribution in [0.25, 0.3) is 0 Å². The van der Waals surface area contributed by atoms with Crippen LogP contribution in [0.3, 0.4) is 0 Å². The number of allylic oxidation sites excluding steroid dienone is 1. The second-order valence-electron chi connectivity index (χ2n) is 5.68. The van der Waals surface area contributed by atoms with Gasteiger partial charge in [-0.2, -0.15) is 0 Å². The van der Waals surface area contributed by atoms with Crippen molar-refractivity contribution >= 4 is 12.0 Å². The summed E-state index contributed by atoms with van der Waals surface area (Å²) in [5.41, 5.74) is 2.79. The predicted octanol–water partition coefficient (Wildman–Crippen LogP) is 2.59. The first kappa shape index (κ1) is 18.0. The number of ether oxygens (including phenoxy) is 2. The third kappa shape index (κ3) is 4.35. The summed E-state index contributed by atoms with van der Waals surface area (Å²) in [6.07, 6.45) is 0.920. The Morgan fingerprint density at radius 2 is 1.92 bits per heavy atom. The maximum Gasteiger partial charge on any atom is 0.338 e. The summed E-state index contributed by atoms with van der Waals surface area (Å²) in [4.78, 5) is 24.4. The quantitative estimate of drug-likeness (QED) is 0.594. The lowest BCUT2D eigenvalue weighted by Crippen LogP contribution is -2.45. The molecule has 1 aliphatic rings. The molecular weight excluding hydrogens is 308 g/mol. The molecule has 0 radical (unpaired) electrons. The highest BCUT2D eigenvalue weighted by atomic mass is 16.6. The van der Waals surface area contributed by atoms with Crippen molar-refractivity contribution in [2.45, 2.75) is 33.2 Å². The molecule has 6 nitrogen and oxygen atoms in total. The molecule has 0 spiro atoms. The Labute approximate surface area is 142 Å². The van der Waals surface area contributed by atoms with Crippen LogP contribution in [0.4, 0.5) is 4.79 Å². The van der Waals surface area contributed by atoms with Gasteiger partial charge < -0.3 is 20.1 Å². The van der Waals surface area contributed by atoms with Crippen molar-refractivity contribution in [3.8, 4) is 0 Å². The average Bonchev–Trinajstić information content (AvgIpc) is 2.54. The zero-order valence-corrected chi connectivity index (χ0v) is 14.3. The Balaban J connectivity index is 2.17. The van der Waals surface area contributed by atoms with Crippen molar-refractivity contribution in [2.75, 3.05) is 19.8 Å². The van der Waals surface area contributed by atoms with E-state index in [-0.39, 0.29) is 12.6 Å². The molecule has 1 aliphatic heterocycles. The van der Waals surface area contributed by atoms with Crippen LogP contribution >= 0.6 is 0 Å². The van der Waals surface area contributed by atoms with E-state index in [1.807, 2.05) is 38.1 Å². The molecule has 0 bridgehead atoms. The van der Waals surface area contributed by atoms with Crippen molar-refractivity contribution in [1.82, 2.24) is 10.6 Å². The molecule has 0 aromatic heterocycles. The molecule has 0 aliphatic carbocycles. The van der Waals surface area contributed by atoms with Crippen LogP contribution in [0.15, 0.2) is 35.5 Å². The van der Waals surface area contributed by atoms with E-state index < -0.39 is 12.0 Å². The van der Waals surface area contributed by atoms with Gasteiger partial charge in [0, 0.05) is 12.3 Å². The average molecular weight is 332 g/mol. The molecule has 2 rings (SSSR count). The van der Waals surface area contributed by atoms with E-state index in [1.165, 1.54) is 0 Å². The molecule has 1 aromatic carbocycles. The molecule has 0 unspecified atom stereocenters. The maximum absolute atomic E-state index is 12.5. The number of hydrogen-bond donors (Lipinski definition) is 2. The fraction of sp³-hybridized carbons (Fsp3) is 0.444. The molecule has 130 valence electrons. The molecule has 2 N–H and O–H groups in total. The van der Waals surface area contributed by atoms with E-state index in [4.69, 9.17) is 9.47 Å². The van der Waals surface area contributed by atoms with Gasteiger partial charge >= 0.3 is 12.0 Å². The number of hydrogen-bond acceptors (Lipinski definition) is 4. The zero-order chi connectivity index (χ0) is 17.5. The van der Waals surface area contributed by atoms with Gasteiger partial charge in [-0.05, 0) is 31.4 Å². The summed E-state index contributed by atoms with van der Waals surface area (Å²) < 4.78 is 10.6. The van der Waals surface area contributed by atoms with E-state index in [2.05, 4.69) is 10.6 Å². The molecule has 6 heteroatoms. The third-order valence-corrected chi connectivity index (χ3v) is 3.80. The molecule has 0 saturated heterocycles. The first-order valence-electron chi connectivity index (χ1n) is 8.13. The minimum atomic E-state index is -0.524. The number of amides is 2. The van der Waals surface area contributed by atoms with E-state index in [0.29, 0.717) is 24.5 Å². The molecule has 24 heavy (non-hydrogen) atoms. The predicted molar refractivity (Wildman–Crippen MR) is 90.4 cm³/mol. The fourth-order valence-electron chi connectivity index (χ4n) is 2.63. The Morgan fingerprint density at radius 1 is 1.17 bits per heavy atom. The standard InChI is InChI=1S/C18H24N2O4/c1-4-9-23-10-11-24-17(21)15-13(3)19-18(22)20-16(15)14-8-6-5-7-12(14)2/h5-8,16H,4,9-11H2,1-3H3,(H2,19,20,22)/t16-/m0/s1. The lowest BCUT2D eigenvalue weighted by molar-refractivity contribution is -0.141. The summed E-state index contributed by atoms with van der Waals surface area (Å²) in [7, 11) is 0. The van der Waals surface area contributed by atoms with Gasteiger partial charge in [0.25, 0.3) is 0 Å². The lowest BCUT2D eigenvalue weighted by Gasteiger charge is -2.29. The lowest BCUT2D eigenvalue weighted by atomic mass is 9.92. The Hall–Kier alpha value is -2.34. The van der Waals surface area contributed by atoms with Gasteiger partial charge in [0.2, 0.25) is 0 Å². The third-order valence-electron chi connectivity index (χ3n) is 3.80. The van der Waals surface area contributed by atoms with Gasteiger partial charge in [-0.3, -0.25) is 0 Å². The highest BCUT2D eigenvalue weighted by molar-refractivity contribution is 5.95. The number of rotatable bonds is 7. The summed E-state index contributed by atoms with van der Waals surface area (Å²) in [5, 5.41) is 5.44. The highest BCUT2D eigenvalue weighted by Crippen LogP contribution is 2.29. The monoisotopic (exact) mass is 332 g/mol. The number of benzene rings is 1. The van der Waals surface area contributed by atoms with Crippen molar-refractivity contribution in [1.29, 1.82) is 0 Å². The second-order valence-corrected chi connectivity index (χ2v) is 5.68. The van der Waals surface area contributed by atoms with Gasteiger partial charge in [-0.15, -0.1) is 0 Å². The molecular formula is C18H24N2O4. The molecule has 0 fully saturated rings. The van der Waals surface area contributed by atoms with Crippen molar-refractivity contribution in [3.05, 3.63) is 46.7 Å². The minimum Gasteiger partial charge on any atom is -0.460 e. The number of carbonyl (C=O) groups excluding carboxylic acids is 2. The maximum atomic E-state index is 12.5. The van der Waals surface area contributed by atoms with Crippen molar-refractivity contribution < 1.29 is 19.1 Å². The van der Waals surface area contributed by atoms with Gasteiger partial charge in [0.05, 0.1) is 18.2 Å². The SMILES string of the molecule is CCCOCCOC(=O)C1=C(C)NC(=O)N[C@H]1c1ccccc1C. The Kier molecular flexibility index (Phi) is 6.37. The van der Waals surface area contributed by atoms with Gasteiger partial charge in [0.15, 0.2) is 0 Å². The molecule has 2 amide bonds. The number of esters is 1. The van der Waals surface area contributed by atoms with Gasteiger partial charge in [-0.1, -0.05) is 31.2 Å². The highest BCUT2D eigenvalue weighted by Gasteiger charge is 2.32. The topological polar surface area (TPSA) is 76.7 Å². The Bertz CT molecular complexity index is 640. The summed E-state index contributed by atoms with van der Waals surface area (Å²) in [6, 6.07) is 6.79. The number of carbonyl (C=O) groups is 2. The molecule has 1 aromatic rings. The summed E-state index contributed by atoms with van der Waals surface area (Å²) >= 11 is 0. The van der Waals surface area contributed by atoms with Crippen LogP contribution in [0.1, 0.15) is 37.4 Å². The zero-order valence-electron chi connectivity index (χ0n) is 14.3. The number of aryl methyl sites for hydroxylation is 1. The molecule has 1 atom stereocenters. The largest absolute Gasteiger partial charge is 0.460 e. The van der Waals surface area contributed by atoms with Crippen LogP contribution in [-0.2, 0) is 14.3 Å². The molecule has 0 saturated carbocycles. The van der Waals surface area contributed by atoms with Crippen molar-refractivity contribution in [3.63, 3.8) is 0 Å². The van der Waals surface area contributed by atoms with Crippen LogP contribution in [0, 0.1) is 6.92 Å². The number of urea groups is 1. The van der Waals surface area contributed by atoms with Gasteiger partial charge in [-0.25, -0.2) is 9.59 Å². The summed E-state index contributed by atoms with van der Waals surface area (Å²) in [6.45, 7) is 6.85. The number of nitrogens with one attached hydrogen (secondary N) is 2. The van der Waals surface area contributed by atoms with Crippen LogP contribution in [0.5, 0.6) is 0 Å². The van der Waals surface area contributed by atoms with Crippen LogP contribution in [-0.4, -0.2) is 31.8 Å². The van der Waals surface area contributed by atoms with Gasteiger partial charge in [0.1, 0.15) is 6.61 Å². The van der Waals surface area contributed by atoms with E-state index >= 15 is 0 Å². The van der Waals surface area contributed by atoms with E-state index in [0.717, 1.165) is 17.5 Å². The van der Waals surface area contributed by atoms with Crippen LogP contribution in [0.2, 0.25) is 0 Å². The second kappa shape index (κ2) is 8.49. The first-order valence-corrected chi connectivity index (χ1v) is 8.13. The first-order chi connectivity index (χ1) is 11.5. The summed E-state index contributed by atoms with van der Waals surface area (Å²) in [5.74, 6) is -0.451. The van der Waals surface area contributed by atoms with Crippen LogP contribution < -0.4 is 10.6 Å². The fourth-order valence-corrected chi connectivity index (χ4v) is 2.63. The minimum absolute atomic E-state index is 0.185. The normalized spacial score (nSPS) is 17.3.